The fourth-order valence-electron chi connectivity index (χ4n) is 4.02. The zero-order chi connectivity index (χ0) is 24.3. The molecule has 0 fully saturated rings. The number of hydrogen-bond acceptors (Lipinski definition) is 2. The van der Waals surface area contributed by atoms with Crippen LogP contribution in [0.5, 0.6) is 0 Å². The van der Waals surface area contributed by atoms with Crippen LogP contribution in [0.1, 0.15) is 36.3 Å². The molecule has 0 saturated carbocycles. The van der Waals surface area contributed by atoms with Crippen molar-refractivity contribution in [3.63, 3.8) is 0 Å². The minimum absolute atomic E-state index is 0.460. The van der Waals surface area contributed by atoms with Crippen LogP contribution in [0.25, 0.3) is 44.5 Å². The number of nitrogens with zero attached hydrogens (tertiary/aromatic N) is 2. The molecule has 2 aromatic carbocycles. The van der Waals surface area contributed by atoms with Crippen LogP contribution in [0.3, 0.4) is 0 Å². The number of fused-ring (bicyclic) bond motifs is 3. The minimum atomic E-state index is -2.43. The van der Waals surface area contributed by atoms with Gasteiger partial charge in [-0.2, -0.15) is 0 Å². The van der Waals surface area contributed by atoms with Crippen LogP contribution in [0.15, 0.2) is 77.5 Å². The third-order valence-corrected chi connectivity index (χ3v) is 5.66. The standard InChI is InChI=1S/C27H25N2O/c1-17(2)19-7-5-8-20(15-19)21-12-14-29(4)24(16-21)25-18(3)10-11-22-23-9-6-13-28-27(23)30-26(22)25/h5-17H,1-4H3/q+1/i1D3,17D. The highest BCUT2D eigenvalue weighted by molar-refractivity contribution is 6.08. The highest BCUT2D eigenvalue weighted by atomic mass is 16.3. The van der Waals surface area contributed by atoms with Gasteiger partial charge in [0.05, 0.1) is 5.56 Å². The fraction of sp³-hybridized carbons (Fsp3) is 0.185. The van der Waals surface area contributed by atoms with E-state index in [0.29, 0.717) is 11.3 Å². The average Bonchev–Trinajstić information content (AvgIpc) is 3.17. The van der Waals surface area contributed by atoms with E-state index in [1.165, 1.54) is 6.92 Å². The van der Waals surface area contributed by atoms with Crippen molar-refractivity contribution in [2.45, 2.75) is 26.6 Å². The van der Waals surface area contributed by atoms with Gasteiger partial charge in [-0.15, -0.1) is 0 Å². The first-order valence-corrected chi connectivity index (χ1v) is 9.96. The molecule has 148 valence electrons. The van der Waals surface area contributed by atoms with Gasteiger partial charge in [0.25, 0.3) is 0 Å². The Balaban J connectivity index is 1.70. The Hall–Kier alpha value is -3.46. The molecule has 0 radical (unpaired) electrons. The molecule has 0 aliphatic heterocycles. The van der Waals surface area contributed by atoms with Gasteiger partial charge >= 0.3 is 0 Å². The van der Waals surface area contributed by atoms with E-state index in [0.717, 1.165) is 44.3 Å². The summed E-state index contributed by atoms with van der Waals surface area (Å²) < 4.78 is 40.1. The molecular weight excluding hydrogens is 368 g/mol. The van der Waals surface area contributed by atoms with E-state index in [1.807, 2.05) is 48.1 Å². The number of furan rings is 1. The molecule has 0 N–H and O–H groups in total. The number of hydrogen-bond donors (Lipinski definition) is 0. The van der Waals surface area contributed by atoms with Crippen LogP contribution in [0.2, 0.25) is 0 Å². The molecule has 1 unspecified atom stereocenters. The molecule has 1 atom stereocenters. The average molecular weight is 398 g/mol. The van der Waals surface area contributed by atoms with Crippen molar-refractivity contribution in [3.05, 3.63) is 84.2 Å². The summed E-state index contributed by atoms with van der Waals surface area (Å²) >= 11 is 0. The summed E-state index contributed by atoms with van der Waals surface area (Å²) in [6, 6.07) is 19.4. The van der Waals surface area contributed by atoms with E-state index in [2.05, 4.69) is 30.1 Å². The molecule has 5 aromatic rings. The molecule has 0 spiro atoms. The first kappa shape index (κ1) is 14.5. The predicted octanol–water partition coefficient (Wildman–Crippen LogP) is 6.57. The number of benzene rings is 2. The number of aromatic nitrogens is 2. The van der Waals surface area contributed by atoms with Gasteiger partial charge in [-0.05, 0) is 47.2 Å². The predicted molar refractivity (Wildman–Crippen MR) is 122 cm³/mol. The summed E-state index contributed by atoms with van der Waals surface area (Å²) in [7, 11) is 1.99. The molecule has 3 heterocycles. The van der Waals surface area contributed by atoms with Gasteiger partial charge in [-0.3, -0.25) is 0 Å². The molecule has 5 rings (SSSR count). The van der Waals surface area contributed by atoms with Crippen molar-refractivity contribution in [1.29, 1.82) is 0 Å². The quantitative estimate of drug-likeness (QED) is 0.322. The lowest BCUT2D eigenvalue weighted by atomic mass is 9.95. The lowest BCUT2D eigenvalue weighted by Crippen LogP contribution is -2.30. The second-order valence-corrected chi connectivity index (χ2v) is 7.71. The van der Waals surface area contributed by atoms with E-state index >= 15 is 0 Å². The maximum atomic E-state index is 8.48. The third kappa shape index (κ3) is 2.98. The highest BCUT2D eigenvalue weighted by Gasteiger charge is 2.21. The SMILES string of the molecule is [2H]C([2H])([2H])C([2H])(C)c1cccc(-c2cc[n+](C)c(-c3c(C)ccc4c3oc3ncccc34)c2)c1. The topological polar surface area (TPSA) is 29.9 Å². The summed E-state index contributed by atoms with van der Waals surface area (Å²) in [5.74, 6) is -1.70. The fourth-order valence-corrected chi connectivity index (χ4v) is 4.02. The summed E-state index contributed by atoms with van der Waals surface area (Å²) in [6.07, 6.45) is 3.71. The number of rotatable bonds is 3. The monoisotopic (exact) mass is 397 g/mol. The molecule has 0 saturated heterocycles. The van der Waals surface area contributed by atoms with Gasteiger partial charge in [-0.1, -0.05) is 50.2 Å². The minimum Gasteiger partial charge on any atom is -0.437 e. The Morgan fingerprint density at radius 3 is 2.77 bits per heavy atom. The Morgan fingerprint density at radius 1 is 1.03 bits per heavy atom. The van der Waals surface area contributed by atoms with Crippen LogP contribution < -0.4 is 4.57 Å². The Labute approximate surface area is 182 Å². The van der Waals surface area contributed by atoms with Crippen molar-refractivity contribution in [3.8, 4) is 22.4 Å². The molecular formula is C27H25N2O+. The summed E-state index contributed by atoms with van der Waals surface area (Å²) in [4.78, 5) is 4.39. The summed E-state index contributed by atoms with van der Waals surface area (Å²) in [6.45, 7) is 1.07. The van der Waals surface area contributed by atoms with Crippen molar-refractivity contribution in [2.75, 3.05) is 0 Å². The Morgan fingerprint density at radius 2 is 1.90 bits per heavy atom. The van der Waals surface area contributed by atoms with Gasteiger partial charge in [0.15, 0.2) is 11.8 Å². The van der Waals surface area contributed by atoms with E-state index < -0.39 is 12.7 Å². The number of pyridine rings is 2. The van der Waals surface area contributed by atoms with Crippen molar-refractivity contribution in [2.24, 2.45) is 7.05 Å². The maximum absolute atomic E-state index is 8.48. The molecule has 0 aliphatic rings. The molecule has 0 bridgehead atoms. The van der Waals surface area contributed by atoms with Gasteiger partial charge in [0.2, 0.25) is 11.4 Å². The largest absolute Gasteiger partial charge is 0.437 e. The van der Waals surface area contributed by atoms with Crippen LogP contribution in [0, 0.1) is 6.92 Å². The molecule has 3 nitrogen and oxygen atoms in total. The maximum Gasteiger partial charge on any atom is 0.227 e. The summed E-state index contributed by atoms with van der Waals surface area (Å²) in [5.41, 5.74) is 6.68. The normalized spacial score (nSPS) is 16.0. The third-order valence-electron chi connectivity index (χ3n) is 5.66. The second-order valence-electron chi connectivity index (χ2n) is 7.71. The smallest absolute Gasteiger partial charge is 0.227 e. The zero-order valence-electron chi connectivity index (χ0n) is 21.2. The first-order chi connectivity index (χ1) is 16.1. The Kier molecular flexibility index (Phi) is 3.43. The molecule has 3 heteroatoms. The van der Waals surface area contributed by atoms with Crippen molar-refractivity contribution in [1.82, 2.24) is 4.98 Å². The van der Waals surface area contributed by atoms with Gasteiger partial charge in [0.1, 0.15) is 7.05 Å². The van der Waals surface area contributed by atoms with Crippen molar-refractivity contribution >= 4 is 22.1 Å². The lowest BCUT2D eigenvalue weighted by Gasteiger charge is -2.10. The summed E-state index contributed by atoms with van der Waals surface area (Å²) in [5, 5.41) is 1.99. The lowest BCUT2D eigenvalue weighted by molar-refractivity contribution is -0.660. The molecule has 3 aromatic heterocycles. The van der Waals surface area contributed by atoms with Crippen LogP contribution >= 0.6 is 0 Å². The molecule has 0 amide bonds. The molecule has 0 aliphatic carbocycles. The Bertz CT molecular complexity index is 1550. The van der Waals surface area contributed by atoms with E-state index in [-0.39, 0.29) is 0 Å². The number of aryl methyl sites for hydroxylation is 2. The van der Waals surface area contributed by atoms with Crippen LogP contribution in [0.4, 0.5) is 0 Å². The van der Waals surface area contributed by atoms with Gasteiger partial charge < -0.3 is 4.42 Å². The van der Waals surface area contributed by atoms with Gasteiger partial charge in [0, 0.05) is 34.6 Å². The van der Waals surface area contributed by atoms with Gasteiger partial charge in [-0.25, -0.2) is 9.55 Å². The van der Waals surface area contributed by atoms with E-state index in [1.54, 1.807) is 18.3 Å². The van der Waals surface area contributed by atoms with E-state index in [4.69, 9.17) is 9.90 Å². The van der Waals surface area contributed by atoms with E-state index in [9.17, 15) is 0 Å². The second kappa shape index (κ2) is 7.10. The van der Waals surface area contributed by atoms with Crippen LogP contribution in [-0.2, 0) is 7.05 Å². The first-order valence-electron chi connectivity index (χ1n) is 12.0. The molecule has 30 heavy (non-hydrogen) atoms. The van der Waals surface area contributed by atoms with Crippen LogP contribution in [-0.4, -0.2) is 4.98 Å². The van der Waals surface area contributed by atoms with Crippen molar-refractivity contribution < 1.29 is 14.5 Å². The highest BCUT2D eigenvalue weighted by Crippen LogP contribution is 2.37. The zero-order valence-corrected chi connectivity index (χ0v) is 17.2.